The number of rotatable bonds is 5. The maximum atomic E-state index is 6.40. The summed E-state index contributed by atoms with van der Waals surface area (Å²) in [6.07, 6.45) is 5.50. The minimum atomic E-state index is 0. The number of para-hydroxylation sites is 1. The van der Waals surface area contributed by atoms with E-state index >= 15 is 0 Å². The predicted octanol–water partition coefficient (Wildman–Crippen LogP) is 8.09. The maximum absolute atomic E-state index is 6.40. The number of hydrogen-bond donors (Lipinski definition) is 0. The zero-order valence-corrected chi connectivity index (χ0v) is 28.6. The quantitative estimate of drug-likeness (QED) is 0.131. The summed E-state index contributed by atoms with van der Waals surface area (Å²) >= 11 is 0. The summed E-state index contributed by atoms with van der Waals surface area (Å²) in [6.45, 7) is 6.71. The minimum Gasteiger partial charge on any atom is -0.509 e. The molecule has 0 spiro atoms. The van der Waals surface area contributed by atoms with Crippen LogP contribution in [0, 0.1) is 12.1 Å². The summed E-state index contributed by atoms with van der Waals surface area (Å²) in [5.41, 5.74) is 8.06. The molecule has 0 bridgehead atoms. The van der Waals surface area contributed by atoms with Crippen molar-refractivity contribution < 1.29 is 30.6 Å². The van der Waals surface area contributed by atoms with Crippen molar-refractivity contribution in [1.82, 2.24) is 24.3 Å². The van der Waals surface area contributed by atoms with Gasteiger partial charge >= 0.3 is 21.1 Å². The van der Waals surface area contributed by atoms with Crippen LogP contribution in [0.3, 0.4) is 0 Å². The SMILES string of the molecule is Cn1c2ccccc2n[n+]1-c1[c-]c(Oc2[c-]c3c(cc2)c2cc(C(C)(C)C)ccc2n3-c2ccc(-c3ccncc3)cn2)ccc1.[Pt+2]. The van der Waals surface area contributed by atoms with Gasteiger partial charge in [-0.2, -0.15) is 12.1 Å². The van der Waals surface area contributed by atoms with E-state index in [1.165, 1.54) is 5.56 Å². The zero-order valence-electron chi connectivity index (χ0n) is 26.4. The summed E-state index contributed by atoms with van der Waals surface area (Å²) in [7, 11) is 1.99. The third-order valence-corrected chi connectivity index (χ3v) is 8.41. The first-order valence-electron chi connectivity index (χ1n) is 15.3. The molecule has 0 unspecified atom stereocenters. The van der Waals surface area contributed by atoms with Crippen molar-refractivity contribution in [3.63, 3.8) is 0 Å². The average Bonchev–Trinajstić information content (AvgIpc) is 3.59. The van der Waals surface area contributed by atoms with E-state index in [0.29, 0.717) is 11.5 Å². The van der Waals surface area contributed by atoms with Crippen LogP contribution in [0.25, 0.3) is 55.5 Å². The Morgan fingerprint density at radius 1 is 0.745 bits per heavy atom. The van der Waals surface area contributed by atoms with Gasteiger partial charge in [-0.15, -0.1) is 28.3 Å². The predicted molar refractivity (Wildman–Crippen MR) is 180 cm³/mol. The summed E-state index contributed by atoms with van der Waals surface area (Å²) in [6, 6.07) is 39.7. The van der Waals surface area contributed by atoms with Crippen LogP contribution in [-0.4, -0.2) is 24.3 Å². The van der Waals surface area contributed by atoms with Crippen molar-refractivity contribution in [3.05, 3.63) is 133 Å². The van der Waals surface area contributed by atoms with E-state index in [4.69, 9.17) is 14.8 Å². The molecule has 0 amide bonds. The largest absolute Gasteiger partial charge is 2.00 e. The van der Waals surface area contributed by atoms with Gasteiger partial charge in [0.15, 0.2) is 11.2 Å². The van der Waals surface area contributed by atoms with Crippen LogP contribution in [0.1, 0.15) is 26.3 Å². The molecule has 0 aliphatic carbocycles. The fraction of sp³-hybridized carbons (Fsp3) is 0.128. The molecule has 0 saturated heterocycles. The van der Waals surface area contributed by atoms with Gasteiger partial charge < -0.3 is 9.30 Å². The third-order valence-electron chi connectivity index (χ3n) is 8.41. The van der Waals surface area contributed by atoms with Crippen LogP contribution in [0.15, 0.2) is 116 Å². The smallest absolute Gasteiger partial charge is 0.509 e. The fourth-order valence-corrected chi connectivity index (χ4v) is 5.96. The molecule has 0 fully saturated rings. The van der Waals surface area contributed by atoms with Crippen molar-refractivity contribution >= 4 is 32.8 Å². The van der Waals surface area contributed by atoms with Crippen LogP contribution >= 0.6 is 0 Å². The van der Waals surface area contributed by atoms with Gasteiger partial charge in [0, 0.05) is 51.1 Å². The second-order valence-electron chi connectivity index (χ2n) is 12.4. The Morgan fingerprint density at radius 3 is 2.32 bits per heavy atom. The monoisotopic (exact) mass is 794 g/mol. The first-order valence-corrected chi connectivity index (χ1v) is 15.3. The van der Waals surface area contributed by atoms with E-state index in [2.05, 4.69) is 84.9 Å². The summed E-state index contributed by atoms with van der Waals surface area (Å²) < 4.78 is 10.6. The summed E-state index contributed by atoms with van der Waals surface area (Å²) in [4.78, 5) is 10.9. The van der Waals surface area contributed by atoms with Gasteiger partial charge in [0.05, 0.1) is 7.05 Å². The number of hydrogen-bond acceptors (Lipinski definition) is 4. The Kier molecular flexibility index (Phi) is 7.73. The van der Waals surface area contributed by atoms with Crippen LogP contribution in [0.5, 0.6) is 11.5 Å². The molecule has 8 aromatic rings. The average molecular weight is 795 g/mol. The number of ether oxygens (including phenoxy) is 1. The Labute approximate surface area is 287 Å². The Bertz CT molecular complexity index is 2390. The summed E-state index contributed by atoms with van der Waals surface area (Å²) in [5.74, 6) is 1.97. The van der Waals surface area contributed by atoms with Gasteiger partial charge in [-0.3, -0.25) is 4.98 Å². The molecule has 8 rings (SSSR count). The minimum absolute atomic E-state index is 0. The van der Waals surface area contributed by atoms with Gasteiger partial charge in [-0.1, -0.05) is 62.7 Å². The third kappa shape index (κ3) is 5.51. The number of aryl methyl sites for hydroxylation is 1. The molecule has 0 N–H and O–H groups in total. The second-order valence-corrected chi connectivity index (χ2v) is 12.4. The van der Waals surface area contributed by atoms with E-state index in [-0.39, 0.29) is 26.5 Å². The molecule has 4 aromatic heterocycles. The van der Waals surface area contributed by atoms with Gasteiger partial charge in [0.2, 0.25) is 0 Å². The van der Waals surface area contributed by atoms with Crippen LogP contribution < -0.4 is 9.53 Å². The molecule has 0 radical (unpaired) electrons. The maximum Gasteiger partial charge on any atom is 2.00 e. The van der Waals surface area contributed by atoms with Gasteiger partial charge in [0.25, 0.3) is 0 Å². The first kappa shape index (κ1) is 30.5. The summed E-state index contributed by atoms with van der Waals surface area (Å²) in [5, 5.41) is 7.00. The van der Waals surface area contributed by atoms with E-state index in [1.54, 1.807) is 12.4 Å². The van der Waals surface area contributed by atoms with E-state index in [1.807, 2.05) is 77.3 Å². The molecular weight excluding hydrogens is 764 g/mol. The Morgan fingerprint density at radius 2 is 1.55 bits per heavy atom. The molecule has 0 atom stereocenters. The number of benzene rings is 4. The van der Waals surface area contributed by atoms with Gasteiger partial charge in [-0.25, -0.2) is 4.98 Å². The molecule has 4 heterocycles. The molecule has 232 valence electrons. The van der Waals surface area contributed by atoms with E-state index in [0.717, 1.165) is 55.5 Å². The molecule has 8 heteroatoms. The van der Waals surface area contributed by atoms with Crippen molar-refractivity contribution in [2.75, 3.05) is 0 Å². The molecule has 47 heavy (non-hydrogen) atoms. The van der Waals surface area contributed by atoms with E-state index < -0.39 is 0 Å². The van der Waals surface area contributed by atoms with Crippen molar-refractivity contribution in [1.29, 1.82) is 0 Å². The molecule has 7 nitrogen and oxygen atoms in total. The normalized spacial score (nSPS) is 11.7. The molecule has 0 aliphatic rings. The molecular formula is C39H31N6OPt+. The number of pyridine rings is 2. The standard InChI is InChI=1S/C39H31N6O.Pt/c1-39(2,3)28-13-16-35-33(22-28)32-15-14-31(24-37(32)44(35)38-17-12-27(25-41-38)26-18-20-40-21-19-26)46-30-9-7-8-29(23-30)45-42-34-10-5-6-11-36(34)43(45)4;/h5-22,25H,1-4H3;/q-1;+2. The van der Waals surface area contributed by atoms with Crippen molar-refractivity contribution in [3.8, 4) is 34.1 Å². The van der Waals surface area contributed by atoms with Crippen LogP contribution in [0.2, 0.25) is 0 Å². The van der Waals surface area contributed by atoms with E-state index in [9.17, 15) is 0 Å². The fourth-order valence-electron chi connectivity index (χ4n) is 5.96. The van der Waals surface area contributed by atoms with Crippen molar-refractivity contribution in [2.45, 2.75) is 26.2 Å². The van der Waals surface area contributed by atoms with Crippen molar-refractivity contribution in [2.24, 2.45) is 7.05 Å². The van der Waals surface area contributed by atoms with Crippen LogP contribution in [0.4, 0.5) is 0 Å². The zero-order chi connectivity index (χ0) is 31.4. The van der Waals surface area contributed by atoms with Gasteiger partial charge in [0.1, 0.15) is 11.3 Å². The number of fused-ring (bicyclic) bond motifs is 4. The van der Waals surface area contributed by atoms with Gasteiger partial charge in [-0.05, 0) is 64.4 Å². The molecule has 0 saturated carbocycles. The first-order chi connectivity index (χ1) is 22.3. The molecule has 0 aliphatic heterocycles. The number of nitrogens with zero attached hydrogens (tertiary/aromatic N) is 6. The Hall–Kier alpha value is -5.13. The molecule has 4 aromatic carbocycles. The number of aromatic nitrogens is 6. The van der Waals surface area contributed by atoms with Crippen LogP contribution in [-0.2, 0) is 33.5 Å². The topological polar surface area (TPSA) is 61.6 Å². The Balaban J connectivity index is 0.00000351. The second kappa shape index (κ2) is 11.9.